The molecule has 1 atom stereocenters. The van der Waals surface area contributed by atoms with Crippen LogP contribution in [-0.2, 0) is 0 Å². The van der Waals surface area contributed by atoms with E-state index in [4.69, 9.17) is 5.11 Å². The van der Waals surface area contributed by atoms with Crippen molar-refractivity contribution in [1.82, 2.24) is 5.32 Å². The van der Waals surface area contributed by atoms with Crippen LogP contribution in [0.4, 0.5) is 0 Å². The highest BCUT2D eigenvalue weighted by Crippen LogP contribution is 2.11. The molecule has 1 aliphatic heterocycles. The summed E-state index contributed by atoms with van der Waals surface area (Å²) in [7, 11) is 0. The van der Waals surface area contributed by atoms with Gasteiger partial charge in [0.2, 0.25) is 0 Å². The second kappa shape index (κ2) is 7.42. The van der Waals surface area contributed by atoms with E-state index in [0.717, 1.165) is 13.0 Å². The fourth-order valence-electron chi connectivity index (χ4n) is 1.75. The zero-order valence-electron chi connectivity index (χ0n) is 10.3. The van der Waals surface area contributed by atoms with E-state index in [1.54, 1.807) is 0 Å². The molecule has 1 fully saturated rings. The van der Waals surface area contributed by atoms with E-state index in [0.29, 0.717) is 18.6 Å². The lowest BCUT2D eigenvalue weighted by Crippen LogP contribution is -2.24. The normalized spacial score (nSPS) is 19.4. The molecule has 0 amide bonds. The van der Waals surface area contributed by atoms with Crippen LogP contribution in [0.3, 0.4) is 0 Å². The number of aliphatic hydroxyl groups excluding tert-OH is 1. The molecule has 1 aromatic rings. The van der Waals surface area contributed by atoms with Crippen molar-refractivity contribution >= 4 is 0 Å². The SMILES string of the molecule is CC(C)c1ccccc1.OCC1CCCN1. The van der Waals surface area contributed by atoms with E-state index < -0.39 is 0 Å². The Labute approximate surface area is 98.7 Å². The van der Waals surface area contributed by atoms with Crippen molar-refractivity contribution in [2.75, 3.05) is 13.2 Å². The Kier molecular flexibility index (Phi) is 6.12. The Balaban J connectivity index is 0.000000165. The number of nitrogens with one attached hydrogen (secondary N) is 1. The Bertz CT molecular complexity index is 265. The van der Waals surface area contributed by atoms with Gasteiger partial charge in [-0.2, -0.15) is 0 Å². The molecule has 0 bridgehead atoms. The molecule has 1 unspecified atom stereocenters. The summed E-state index contributed by atoms with van der Waals surface area (Å²) in [5.74, 6) is 0.659. The molecule has 2 nitrogen and oxygen atoms in total. The van der Waals surface area contributed by atoms with E-state index >= 15 is 0 Å². The van der Waals surface area contributed by atoms with Gasteiger partial charge < -0.3 is 10.4 Å². The summed E-state index contributed by atoms with van der Waals surface area (Å²) >= 11 is 0. The molecule has 0 aromatic heterocycles. The number of hydrogen-bond donors (Lipinski definition) is 2. The molecule has 0 spiro atoms. The smallest absolute Gasteiger partial charge is 0.0584 e. The van der Waals surface area contributed by atoms with Gasteiger partial charge >= 0.3 is 0 Å². The minimum absolute atomic E-state index is 0.306. The number of aliphatic hydroxyl groups is 1. The molecule has 1 saturated heterocycles. The molecular formula is C14H23NO. The van der Waals surface area contributed by atoms with Gasteiger partial charge in [0.05, 0.1) is 6.61 Å². The third-order valence-corrected chi connectivity index (χ3v) is 2.85. The van der Waals surface area contributed by atoms with Crippen molar-refractivity contribution in [3.05, 3.63) is 35.9 Å². The second-order valence-electron chi connectivity index (χ2n) is 4.54. The predicted octanol–water partition coefficient (Wildman–Crippen LogP) is 2.54. The maximum Gasteiger partial charge on any atom is 0.0584 e. The van der Waals surface area contributed by atoms with E-state index in [1.807, 2.05) is 6.07 Å². The van der Waals surface area contributed by atoms with Crippen LogP contribution in [0.2, 0.25) is 0 Å². The lowest BCUT2D eigenvalue weighted by atomic mass is 10.0. The first kappa shape index (κ1) is 13.2. The van der Waals surface area contributed by atoms with Crippen molar-refractivity contribution in [3.63, 3.8) is 0 Å². The third-order valence-electron chi connectivity index (χ3n) is 2.85. The molecule has 0 aliphatic carbocycles. The zero-order valence-corrected chi connectivity index (χ0v) is 10.3. The van der Waals surface area contributed by atoms with Gasteiger partial charge in [-0.05, 0) is 30.9 Å². The maximum atomic E-state index is 8.50. The monoisotopic (exact) mass is 221 g/mol. The maximum absolute atomic E-state index is 8.50. The molecule has 2 heteroatoms. The van der Waals surface area contributed by atoms with Gasteiger partial charge in [-0.15, -0.1) is 0 Å². The summed E-state index contributed by atoms with van der Waals surface area (Å²) in [6.45, 7) is 5.80. The van der Waals surface area contributed by atoms with Crippen molar-refractivity contribution in [2.45, 2.75) is 38.6 Å². The van der Waals surface area contributed by atoms with Crippen LogP contribution in [0, 0.1) is 0 Å². The molecule has 2 rings (SSSR count). The summed E-state index contributed by atoms with van der Waals surface area (Å²) in [5.41, 5.74) is 1.41. The van der Waals surface area contributed by atoms with E-state index in [9.17, 15) is 0 Å². The molecule has 1 aliphatic rings. The van der Waals surface area contributed by atoms with Crippen LogP contribution in [0.5, 0.6) is 0 Å². The highest BCUT2D eigenvalue weighted by Gasteiger charge is 2.10. The number of rotatable bonds is 2. The second-order valence-corrected chi connectivity index (χ2v) is 4.54. The van der Waals surface area contributed by atoms with Gasteiger partial charge in [0.25, 0.3) is 0 Å². The molecule has 90 valence electrons. The van der Waals surface area contributed by atoms with Gasteiger partial charge in [-0.25, -0.2) is 0 Å². The van der Waals surface area contributed by atoms with Crippen molar-refractivity contribution in [1.29, 1.82) is 0 Å². The van der Waals surface area contributed by atoms with Gasteiger partial charge in [-0.1, -0.05) is 44.2 Å². The fraction of sp³-hybridized carbons (Fsp3) is 0.571. The molecule has 0 radical (unpaired) electrons. The Hall–Kier alpha value is -0.860. The number of benzene rings is 1. The molecule has 1 heterocycles. The lowest BCUT2D eigenvalue weighted by Gasteiger charge is -2.01. The van der Waals surface area contributed by atoms with Crippen LogP contribution in [0.15, 0.2) is 30.3 Å². The van der Waals surface area contributed by atoms with Crippen LogP contribution < -0.4 is 5.32 Å². The average molecular weight is 221 g/mol. The van der Waals surface area contributed by atoms with Crippen LogP contribution >= 0.6 is 0 Å². The average Bonchev–Trinajstić information content (AvgIpc) is 2.84. The Morgan fingerprint density at radius 2 is 2.00 bits per heavy atom. The van der Waals surface area contributed by atoms with Gasteiger partial charge in [0.1, 0.15) is 0 Å². The van der Waals surface area contributed by atoms with E-state index in [1.165, 1.54) is 12.0 Å². The van der Waals surface area contributed by atoms with E-state index in [-0.39, 0.29) is 0 Å². The first-order valence-corrected chi connectivity index (χ1v) is 6.13. The summed E-state index contributed by atoms with van der Waals surface area (Å²) in [4.78, 5) is 0. The summed E-state index contributed by atoms with van der Waals surface area (Å²) in [6, 6.07) is 10.9. The largest absolute Gasteiger partial charge is 0.395 e. The van der Waals surface area contributed by atoms with Gasteiger partial charge in [0, 0.05) is 6.04 Å². The third kappa shape index (κ3) is 4.77. The Morgan fingerprint density at radius 3 is 2.31 bits per heavy atom. The van der Waals surface area contributed by atoms with Crippen LogP contribution in [0.1, 0.15) is 38.2 Å². The molecular weight excluding hydrogens is 198 g/mol. The minimum atomic E-state index is 0.306. The Morgan fingerprint density at radius 1 is 1.31 bits per heavy atom. The molecule has 0 saturated carbocycles. The van der Waals surface area contributed by atoms with Gasteiger partial charge in [-0.3, -0.25) is 0 Å². The first-order chi connectivity index (χ1) is 7.74. The van der Waals surface area contributed by atoms with Crippen LogP contribution in [0.25, 0.3) is 0 Å². The lowest BCUT2D eigenvalue weighted by molar-refractivity contribution is 0.255. The van der Waals surface area contributed by atoms with Crippen molar-refractivity contribution in [3.8, 4) is 0 Å². The van der Waals surface area contributed by atoms with Gasteiger partial charge in [0.15, 0.2) is 0 Å². The summed E-state index contributed by atoms with van der Waals surface area (Å²) in [5, 5.41) is 11.7. The topological polar surface area (TPSA) is 32.3 Å². The highest BCUT2D eigenvalue weighted by molar-refractivity contribution is 5.17. The fourth-order valence-corrected chi connectivity index (χ4v) is 1.75. The molecule has 2 N–H and O–H groups in total. The van der Waals surface area contributed by atoms with Crippen LogP contribution in [-0.4, -0.2) is 24.3 Å². The standard InChI is InChI=1S/C9H12.C5H11NO/c1-8(2)9-6-4-3-5-7-9;7-4-5-2-1-3-6-5/h3-8H,1-2H3;5-7H,1-4H2. The summed E-state index contributed by atoms with van der Waals surface area (Å²) < 4.78 is 0. The first-order valence-electron chi connectivity index (χ1n) is 6.13. The summed E-state index contributed by atoms with van der Waals surface area (Å²) in [6.07, 6.45) is 2.38. The van der Waals surface area contributed by atoms with Crippen molar-refractivity contribution in [2.24, 2.45) is 0 Å². The number of hydrogen-bond acceptors (Lipinski definition) is 2. The highest BCUT2D eigenvalue weighted by atomic mass is 16.3. The van der Waals surface area contributed by atoms with E-state index in [2.05, 4.69) is 43.4 Å². The molecule has 16 heavy (non-hydrogen) atoms. The quantitative estimate of drug-likeness (QED) is 0.804. The minimum Gasteiger partial charge on any atom is -0.395 e. The van der Waals surface area contributed by atoms with Crippen molar-refractivity contribution < 1.29 is 5.11 Å². The zero-order chi connectivity index (χ0) is 11.8. The molecule has 1 aromatic carbocycles. The predicted molar refractivity (Wildman–Crippen MR) is 68.6 cm³/mol.